The predicted octanol–water partition coefficient (Wildman–Crippen LogP) is 3.13. The summed E-state index contributed by atoms with van der Waals surface area (Å²) >= 11 is 0. The van der Waals surface area contributed by atoms with E-state index in [9.17, 15) is 4.79 Å². The number of nitrogens with zero attached hydrogens (tertiary/aromatic N) is 1. The average molecular weight is 266 g/mol. The van der Waals surface area contributed by atoms with Crippen LogP contribution in [0.2, 0.25) is 0 Å². The second-order valence-corrected chi connectivity index (χ2v) is 4.97. The largest absolute Gasteiger partial charge is 0.477 e. The lowest BCUT2D eigenvalue weighted by Gasteiger charge is -2.17. The van der Waals surface area contributed by atoms with E-state index in [-0.39, 0.29) is 0 Å². The number of hydrogen-bond donors (Lipinski definition) is 2. The first-order valence-electron chi connectivity index (χ1n) is 7.30. The molecule has 0 aliphatic heterocycles. The van der Waals surface area contributed by atoms with E-state index in [1.54, 1.807) is 16.7 Å². The van der Waals surface area contributed by atoms with E-state index < -0.39 is 5.97 Å². The van der Waals surface area contributed by atoms with Crippen LogP contribution in [0.25, 0.3) is 0 Å². The van der Waals surface area contributed by atoms with Gasteiger partial charge in [0.2, 0.25) is 0 Å². The van der Waals surface area contributed by atoms with Crippen LogP contribution in [0.3, 0.4) is 0 Å². The third-order valence-corrected chi connectivity index (χ3v) is 3.33. The fourth-order valence-corrected chi connectivity index (χ4v) is 2.40. The van der Waals surface area contributed by atoms with Crippen molar-refractivity contribution in [1.82, 2.24) is 9.88 Å². The van der Waals surface area contributed by atoms with Crippen molar-refractivity contribution in [3.8, 4) is 0 Å². The van der Waals surface area contributed by atoms with Gasteiger partial charge in [-0.2, -0.15) is 0 Å². The van der Waals surface area contributed by atoms with Gasteiger partial charge in [-0.1, -0.05) is 26.7 Å². The number of aromatic carboxylic acids is 1. The van der Waals surface area contributed by atoms with Gasteiger partial charge in [0, 0.05) is 18.8 Å². The van der Waals surface area contributed by atoms with Crippen molar-refractivity contribution < 1.29 is 9.90 Å². The maximum Gasteiger partial charge on any atom is 0.352 e. The van der Waals surface area contributed by atoms with Crippen molar-refractivity contribution in [3.63, 3.8) is 0 Å². The summed E-state index contributed by atoms with van der Waals surface area (Å²) in [6, 6.07) is 4.04. The maximum atomic E-state index is 11.0. The van der Waals surface area contributed by atoms with Gasteiger partial charge in [-0.25, -0.2) is 4.79 Å². The minimum Gasteiger partial charge on any atom is -0.477 e. The van der Waals surface area contributed by atoms with Crippen molar-refractivity contribution in [3.05, 3.63) is 24.0 Å². The number of nitrogens with one attached hydrogen (secondary N) is 1. The van der Waals surface area contributed by atoms with Gasteiger partial charge in [0.25, 0.3) is 0 Å². The number of aryl methyl sites for hydroxylation is 1. The Morgan fingerprint density at radius 3 is 2.63 bits per heavy atom. The van der Waals surface area contributed by atoms with Crippen LogP contribution < -0.4 is 5.32 Å². The molecular weight excluding hydrogens is 240 g/mol. The van der Waals surface area contributed by atoms with Crippen molar-refractivity contribution in [2.24, 2.45) is 0 Å². The summed E-state index contributed by atoms with van der Waals surface area (Å²) in [5.74, 6) is -0.854. The molecule has 19 heavy (non-hydrogen) atoms. The zero-order valence-corrected chi connectivity index (χ0v) is 12.1. The van der Waals surface area contributed by atoms with Crippen molar-refractivity contribution in [2.45, 2.75) is 58.5 Å². The standard InChI is InChI=1S/C15H26N2O2/c1-3-7-13(8-4-2)16-10-6-12-17-11-5-9-14(17)15(18)19/h5,9,11,13,16H,3-4,6-8,10,12H2,1-2H3,(H,18,19). The van der Waals surface area contributed by atoms with Crippen LogP contribution in [0.1, 0.15) is 56.4 Å². The average Bonchev–Trinajstić information content (AvgIpc) is 2.83. The highest BCUT2D eigenvalue weighted by molar-refractivity contribution is 5.85. The SMILES string of the molecule is CCCC(CCC)NCCCn1cccc1C(=O)O. The molecule has 1 aromatic rings. The Morgan fingerprint density at radius 2 is 2.05 bits per heavy atom. The van der Waals surface area contributed by atoms with Crippen LogP contribution >= 0.6 is 0 Å². The summed E-state index contributed by atoms with van der Waals surface area (Å²) in [6.45, 7) is 6.13. The molecule has 0 atom stereocenters. The number of carbonyl (C=O) groups is 1. The topological polar surface area (TPSA) is 54.3 Å². The summed E-state index contributed by atoms with van der Waals surface area (Å²) < 4.78 is 1.80. The highest BCUT2D eigenvalue weighted by Crippen LogP contribution is 2.06. The van der Waals surface area contributed by atoms with Crippen molar-refractivity contribution in [1.29, 1.82) is 0 Å². The van der Waals surface area contributed by atoms with Gasteiger partial charge in [-0.05, 0) is 37.9 Å². The molecule has 2 N–H and O–H groups in total. The van der Waals surface area contributed by atoms with Crippen LogP contribution in [0.4, 0.5) is 0 Å². The van der Waals surface area contributed by atoms with Crippen LogP contribution in [0.5, 0.6) is 0 Å². The number of rotatable bonds is 10. The lowest BCUT2D eigenvalue weighted by atomic mass is 10.1. The van der Waals surface area contributed by atoms with E-state index >= 15 is 0 Å². The molecule has 0 radical (unpaired) electrons. The Balaban J connectivity index is 2.29. The van der Waals surface area contributed by atoms with E-state index in [1.807, 2.05) is 6.20 Å². The summed E-state index contributed by atoms with van der Waals surface area (Å²) in [6.07, 6.45) is 7.64. The second kappa shape index (κ2) is 8.75. The van der Waals surface area contributed by atoms with Gasteiger partial charge in [0.05, 0.1) is 0 Å². The Labute approximate surface area is 115 Å². The highest BCUT2D eigenvalue weighted by atomic mass is 16.4. The lowest BCUT2D eigenvalue weighted by Crippen LogP contribution is -2.30. The van der Waals surface area contributed by atoms with Crippen LogP contribution in [-0.4, -0.2) is 28.2 Å². The van der Waals surface area contributed by atoms with Gasteiger partial charge in [0.1, 0.15) is 5.69 Å². The quantitative estimate of drug-likeness (QED) is 0.640. The predicted molar refractivity (Wildman–Crippen MR) is 77.6 cm³/mol. The summed E-state index contributed by atoms with van der Waals surface area (Å²) in [5, 5.41) is 12.6. The molecular formula is C15H26N2O2. The van der Waals surface area contributed by atoms with E-state index in [0.29, 0.717) is 11.7 Å². The summed E-state index contributed by atoms with van der Waals surface area (Å²) in [4.78, 5) is 11.0. The first-order valence-corrected chi connectivity index (χ1v) is 7.30. The third kappa shape index (κ3) is 5.47. The molecule has 4 nitrogen and oxygen atoms in total. The number of carboxylic acid groups (broad SMARTS) is 1. The normalized spacial score (nSPS) is 11.1. The molecule has 0 bridgehead atoms. The summed E-state index contributed by atoms with van der Waals surface area (Å²) in [7, 11) is 0. The van der Waals surface area contributed by atoms with Gasteiger partial charge in [-0.3, -0.25) is 0 Å². The van der Waals surface area contributed by atoms with Crippen molar-refractivity contribution >= 4 is 5.97 Å². The molecule has 4 heteroatoms. The Kier molecular flexibility index (Phi) is 7.26. The minimum atomic E-state index is -0.854. The van der Waals surface area contributed by atoms with Gasteiger partial charge in [0.15, 0.2) is 0 Å². The van der Waals surface area contributed by atoms with Gasteiger partial charge in [-0.15, -0.1) is 0 Å². The molecule has 0 aromatic carbocycles. The molecule has 0 saturated heterocycles. The molecule has 0 saturated carbocycles. The van der Waals surface area contributed by atoms with E-state index in [2.05, 4.69) is 19.2 Å². The first kappa shape index (κ1) is 15.8. The van der Waals surface area contributed by atoms with Crippen LogP contribution in [-0.2, 0) is 6.54 Å². The second-order valence-electron chi connectivity index (χ2n) is 4.97. The van der Waals surface area contributed by atoms with Gasteiger partial charge >= 0.3 is 5.97 Å². The molecule has 108 valence electrons. The molecule has 1 heterocycles. The molecule has 0 amide bonds. The molecule has 0 spiro atoms. The summed E-state index contributed by atoms with van der Waals surface area (Å²) in [5.41, 5.74) is 0.374. The Morgan fingerprint density at radius 1 is 1.37 bits per heavy atom. The van der Waals surface area contributed by atoms with Crippen LogP contribution in [0, 0.1) is 0 Å². The van der Waals surface area contributed by atoms with Crippen LogP contribution in [0.15, 0.2) is 18.3 Å². The van der Waals surface area contributed by atoms with E-state index in [1.165, 1.54) is 25.7 Å². The molecule has 1 aromatic heterocycles. The number of carboxylic acids is 1. The minimum absolute atomic E-state index is 0.374. The molecule has 0 aliphatic carbocycles. The van der Waals surface area contributed by atoms with Gasteiger partial charge < -0.3 is 15.0 Å². The molecule has 0 aliphatic rings. The van der Waals surface area contributed by atoms with E-state index in [4.69, 9.17) is 5.11 Å². The monoisotopic (exact) mass is 266 g/mol. The maximum absolute atomic E-state index is 11.0. The Bertz CT molecular complexity index is 368. The lowest BCUT2D eigenvalue weighted by molar-refractivity contribution is 0.0685. The number of aromatic nitrogens is 1. The third-order valence-electron chi connectivity index (χ3n) is 3.33. The Hall–Kier alpha value is -1.29. The molecule has 0 fully saturated rings. The first-order chi connectivity index (χ1) is 9.19. The van der Waals surface area contributed by atoms with E-state index in [0.717, 1.165) is 19.5 Å². The zero-order chi connectivity index (χ0) is 14.1. The zero-order valence-electron chi connectivity index (χ0n) is 12.1. The van der Waals surface area contributed by atoms with Crippen molar-refractivity contribution in [2.75, 3.05) is 6.54 Å². The number of hydrogen-bond acceptors (Lipinski definition) is 2. The molecule has 0 unspecified atom stereocenters. The smallest absolute Gasteiger partial charge is 0.352 e. The highest BCUT2D eigenvalue weighted by Gasteiger charge is 2.08. The molecule has 1 rings (SSSR count). The fraction of sp³-hybridized carbons (Fsp3) is 0.667. The fourth-order valence-electron chi connectivity index (χ4n) is 2.40.